The maximum absolute atomic E-state index is 12.5. The number of esters is 2. The number of benzene rings is 2. The van der Waals surface area contributed by atoms with Crippen molar-refractivity contribution in [2.24, 2.45) is 0 Å². The highest BCUT2D eigenvalue weighted by Gasteiger charge is 2.32. The molecule has 3 rings (SSSR count). The van der Waals surface area contributed by atoms with Gasteiger partial charge in [0.2, 0.25) is 0 Å². The van der Waals surface area contributed by atoms with Gasteiger partial charge in [-0.15, -0.1) is 0 Å². The molecule has 1 aliphatic rings. The van der Waals surface area contributed by atoms with E-state index in [1.54, 1.807) is 19.2 Å². The van der Waals surface area contributed by atoms with Crippen molar-refractivity contribution in [1.29, 1.82) is 0 Å². The smallest absolute Gasteiger partial charge is 0.341 e. The van der Waals surface area contributed by atoms with Gasteiger partial charge in [0.25, 0.3) is 0 Å². The first kappa shape index (κ1) is 23.4. The molecule has 0 atom stereocenters. The van der Waals surface area contributed by atoms with E-state index in [9.17, 15) is 9.59 Å². The SMILES string of the molecule is COc1c(C)c2c(c(NC(C)C)c1CC=C(C)CCC(=O)Oc1ccccc1)C(=O)OC2. The molecule has 2 aromatic carbocycles. The van der Waals surface area contributed by atoms with Crippen LogP contribution in [0.25, 0.3) is 0 Å². The molecule has 170 valence electrons. The number of anilines is 1. The zero-order valence-electron chi connectivity index (χ0n) is 19.4. The van der Waals surface area contributed by atoms with Crippen LogP contribution in [0.3, 0.4) is 0 Å². The molecule has 0 spiro atoms. The Morgan fingerprint density at radius 3 is 2.59 bits per heavy atom. The lowest BCUT2D eigenvalue weighted by Crippen LogP contribution is -2.16. The minimum atomic E-state index is -0.306. The summed E-state index contributed by atoms with van der Waals surface area (Å²) >= 11 is 0. The minimum absolute atomic E-state index is 0.136. The Labute approximate surface area is 189 Å². The molecular formula is C26H31NO5. The highest BCUT2D eigenvalue weighted by Crippen LogP contribution is 2.41. The van der Waals surface area contributed by atoms with Crippen LogP contribution in [0, 0.1) is 6.92 Å². The largest absolute Gasteiger partial charge is 0.496 e. The van der Waals surface area contributed by atoms with Gasteiger partial charge in [-0.25, -0.2) is 4.79 Å². The summed E-state index contributed by atoms with van der Waals surface area (Å²) in [6, 6.07) is 9.20. The number of para-hydroxylation sites is 1. The summed E-state index contributed by atoms with van der Waals surface area (Å²) < 4.78 is 16.4. The van der Waals surface area contributed by atoms with E-state index >= 15 is 0 Å². The Hall–Kier alpha value is -3.28. The van der Waals surface area contributed by atoms with Crippen LogP contribution < -0.4 is 14.8 Å². The number of allylic oxidation sites excluding steroid dienone is 2. The number of carbonyl (C=O) groups excluding carboxylic acids is 2. The zero-order valence-corrected chi connectivity index (χ0v) is 19.4. The highest BCUT2D eigenvalue weighted by atomic mass is 16.5. The van der Waals surface area contributed by atoms with Crippen LogP contribution in [0.4, 0.5) is 5.69 Å². The molecular weight excluding hydrogens is 406 g/mol. The average molecular weight is 438 g/mol. The number of nitrogens with one attached hydrogen (secondary N) is 1. The van der Waals surface area contributed by atoms with Gasteiger partial charge in [-0.05, 0) is 58.2 Å². The molecule has 2 aromatic rings. The monoisotopic (exact) mass is 437 g/mol. The molecule has 0 bridgehead atoms. The van der Waals surface area contributed by atoms with Crippen LogP contribution in [-0.4, -0.2) is 25.1 Å². The summed E-state index contributed by atoms with van der Waals surface area (Å²) in [4.78, 5) is 24.6. The molecule has 0 saturated heterocycles. The Balaban J connectivity index is 1.79. The second-order valence-corrected chi connectivity index (χ2v) is 8.28. The molecule has 1 aliphatic heterocycles. The molecule has 6 heteroatoms. The van der Waals surface area contributed by atoms with Gasteiger partial charge in [-0.2, -0.15) is 0 Å². The van der Waals surface area contributed by atoms with Gasteiger partial charge in [-0.1, -0.05) is 29.8 Å². The maximum Gasteiger partial charge on any atom is 0.341 e. The number of rotatable bonds is 9. The highest BCUT2D eigenvalue weighted by molar-refractivity contribution is 6.01. The van der Waals surface area contributed by atoms with Crippen LogP contribution in [0.1, 0.15) is 60.7 Å². The lowest BCUT2D eigenvalue weighted by Gasteiger charge is -2.22. The fourth-order valence-electron chi connectivity index (χ4n) is 3.85. The number of methoxy groups -OCH3 is 1. The molecule has 0 aromatic heterocycles. The molecule has 1 N–H and O–H groups in total. The molecule has 32 heavy (non-hydrogen) atoms. The van der Waals surface area contributed by atoms with Gasteiger partial charge in [0.15, 0.2) is 0 Å². The van der Waals surface area contributed by atoms with Crippen molar-refractivity contribution in [3.63, 3.8) is 0 Å². The van der Waals surface area contributed by atoms with Crippen molar-refractivity contribution < 1.29 is 23.8 Å². The molecule has 0 amide bonds. The number of fused-ring (bicyclic) bond motifs is 1. The Kier molecular flexibility index (Phi) is 7.57. The van der Waals surface area contributed by atoms with Crippen molar-refractivity contribution in [1.82, 2.24) is 0 Å². The van der Waals surface area contributed by atoms with E-state index in [0.717, 1.165) is 33.7 Å². The fraction of sp³-hybridized carbons (Fsp3) is 0.385. The number of carbonyl (C=O) groups is 2. The summed E-state index contributed by atoms with van der Waals surface area (Å²) in [6.07, 6.45) is 3.53. The van der Waals surface area contributed by atoms with Crippen molar-refractivity contribution in [2.45, 2.75) is 59.6 Å². The van der Waals surface area contributed by atoms with Crippen LogP contribution >= 0.6 is 0 Å². The number of hydrogen-bond donors (Lipinski definition) is 1. The molecule has 0 aliphatic carbocycles. The topological polar surface area (TPSA) is 73.9 Å². The molecule has 0 unspecified atom stereocenters. The van der Waals surface area contributed by atoms with E-state index < -0.39 is 0 Å². The second kappa shape index (κ2) is 10.4. The summed E-state index contributed by atoms with van der Waals surface area (Å²) in [6.45, 7) is 8.27. The van der Waals surface area contributed by atoms with Crippen molar-refractivity contribution in [2.75, 3.05) is 12.4 Å². The van der Waals surface area contributed by atoms with Gasteiger partial charge < -0.3 is 19.5 Å². The number of cyclic esters (lactones) is 1. The lowest BCUT2D eigenvalue weighted by atomic mass is 9.93. The standard InChI is InChI=1S/C26H31NO5/c1-16(2)27-24-20(25(30-5)18(4)21-15-31-26(29)23(21)24)13-11-17(3)12-14-22(28)32-19-9-7-6-8-10-19/h6-11,16,27H,12-15H2,1-5H3. The third-order valence-corrected chi connectivity index (χ3v) is 5.46. The maximum atomic E-state index is 12.5. The first-order valence-corrected chi connectivity index (χ1v) is 10.9. The summed E-state index contributed by atoms with van der Waals surface area (Å²) in [7, 11) is 1.64. The average Bonchev–Trinajstić information content (AvgIpc) is 3.15. The van der Waals surface area contributed by atoms with Crippen molar-refractivity contribution >= 4 is 17.6 Å². The predicted molar refractivity (Wildman–Crippen MR) is 124 cm³/mol. The molecule has 0 saturated carbocycles. The van der Waals surface area contributed by atoms with Crippen LogP contribution in [0.5, 0.6) is 11.5 Å². The molecule has 6 nitrogen and oxygen atoms in total. The van der Waals surface area contributed by atoms with Crippen LogP contribution in [0.15, 0.2) is 42.0 Å². The summed E-state index contributed by atoms with van der Waals surface area (Å²) in [5, 5.41) is 3.42. The Morgan fingerprint density at radius 2 is 1.94 bits per heavy atom. The first-order valence-electron chi connectivity index (χ1n) is 10.9. The quantitative estimate of drug-likeness (QED) is 0.323. The van der Waals surface area contributed by atoms with E-state index in [0.29, 0.717) is 30.6 Å². The normalized spacial score (nSPS) is 13.1. The van der Waals surface area contributed by atoms with E-state index in [1.165, 1.54) is 0 Å². The van der Waals surface area contributed by atoms with E-state index in [4.69, 9.17) is 14.2 Å². The molecule has 0 radical (unpaired) electrons. The predicted octanol–water partition coefficient (Wildman–Crippen LogP) is 5.37. The Morgan fingerprint density at radius 1 is 1.22 bits per heavy atom. The van der Waals surface area contributed by atoms with Crippen molar-refractivity contribution in [3.8, 4) is 11.5 Å². The second-order valence-electron chi connectivity index (χ2n) is 8.28. The minimum Gasteiger partial charge on any atom is -0.496 e. The fourth-order valence-corrected chi connectivity index (χ4v) is 3.85. The summed E-state index contributed by atoms with van der Waals surface area (Å²) in [5.74, 6) is 0.742. The van der Waals surface area contributed by atoms with Gasteiger partial charge in [0.1, 0.15) is 18.1 Å². The lowest BCUT2D eigenvalue weighted by molar-refractivity contribution is -0.134. The third kappa shape index (κ3) is 5.31. The van der Waals surface area contributed by atoms with Gasteiger partial charge in [0, 0.05) is 23.6 Å². The van der Waals surface area contributed by atoms with Crippen LogP contribution in [-0.2, 0) is 22.6 Å². The van der Waals surface area contributed by atoms with Gasteiger partial charge in [0.05, 0.1) is 18.4 Å². The molecule has 0 fully saturated rings. The van der Waals surface area contributed by atoms with E-state index in [1.807, 2.05) is 45.9 Å². The Bertz CT molecular complexity index is 1020. The summed E-state index contributed by atoms with van der Waals surface area (Å²) in [5.41, 5.74) is 5.16. The van der Waals surface area contributed by atoms with E-state index in [2.05, 4.69) is 11.4 Å². The van der Waals surface area contributed by atoms with E-state index in [-0.39, 0.29) is 24.6 Å². The third-order valence-electron chi connectivity index (χ3n) is 5.46. The van der Waals surface area contributed by atoms with Gasteiger partial charge >= 0.3 is 11.9 Å². The number of hydrogen-bond acceptors (Lipinski definition) is 6. The van der Waals surface area contributed by atoms with Crippen LogP contribution in [0.2, 0.25) is 0 Å². The van der Waals surface area contributed by atoms with Crippen molar-refractivity contribution in [3.05, 3.63) is 64.2 Å². The first-order chi connectivity index (χ1) is 15.3. The van der Waals surface area contributed by atoms with Gasteiger partial charge in [-0.3, -0.25) is 4.79 Å². The molecule has 1 heterocycles. The number of ether oxygens (including phenoxy) is 3. The zero-order chi connectivity index (χ0) is 23.3.